The van der Waals surface area contributed by atoms with Crippen LogP contribution in [0.3, 0.4) is 0 Å². The summed E-state index contributed by atoms with van der Waals surface area (Å²) in [6.07, 6.45) is 1.84. The lowest BCUT2D eigenvalue weighted by Gasteiger charge is -2.20. The minimum atomic E-state index is -0.909. The standard InChI is InChI=1S/C15H19FO4/c1-8-6-11(10(7-12(17)18)9-4-5-9)13(16)15(20-3)14(8)19-2/h6,9-10H,4-5,7H2,1-3H3,(H,17,18). The van der Waals surface area contributed by atoms with E-state index in [-0.39, 0.29) is 24.0 Å². The molecular formula is C15H19FO4. The van der Waals surface area contributed by atoms with Gasteiger partial charge in [0.2, 0.25) is 0 Å². The van der Waals surface area contributed by atoms with Crippen molar-refractivity contribution in [1.82, 2.24) is 0 Å². The summed E-state index contributed by atoms with van der Waals surface area (Å²) in [5.74, 6) is -1.05. The van der Waals surface area contributed by atoms with Crippen LogP contribution in [0.25, 0.3) is 0 Å². The molecule has 5 heteroatoms. The van der Waals surface area contributed by atoms with E-state index in [1.165, 1.54) is 14.2 Å². The third kappa shape index (κ3) is 2.71. The number of ether oxygens (including phenoxy) is 2. The zero-order chi connectivity index (χ0) is 14.9. The number of methoxy groups -OCH3 is 2. The Morgan fingerprint density at radius 3 is 2.45 bits per heavy atom. The average molecular weight is 282 g/mol. The third-order valence-corrected chi connectivity index (χ3v) is 3.78. The van der Waals surface area contributed by atoms with Crippen LogP contribution in [0, 0.1) is 18.7 Å². The summed E-state index contributed by atoms with van der Waals surface area (Å²) in [6, 6.07) is 1.68. The van der Waals surface area contributed by atoms with Gasteiger partial charge in [0.1, 0.15) is 0 Å². The minimum Gasteiger partial charge on any atom is -0.492 e. The zero-order valence-electron chi connectivity index (χ0n) is 11.9. The largest absolute Gasteiger partial charge is 0.492 e. The summed E-state index contributed by atoms with van der Waals surface area (Å²) < 4.78 is 24.8. The summed E-state index contributed by atoms with van der Waals surface area (Å²) >= 11 is 0. The number of hydrogen-bond acceptors (Lipinski definition) is 3. The molecule has 1 N–H and O–H groups in total. The molecule has 0 saturated heterocycles. The van der Waals surface area contributed by atoms with Gasteiger partial charge in [-0.15, -0.1) is 0 Å². The fourth-order valence-corrected chi connectivity index (χ4v) is 2.70. The first-order valence-corrected chi connectivity index (χ1v) is 6.62. The van der Waals surface area contributed by atoms with Gasteiger partial charge in [-0.1, -0.05) is 0 Å². The molecule has 1 aliphatic rings. The lowest BCUT2D eigenvalue weighted by Crippen LogP contribution is -2.12. The number of rotatable bonds is 6. The van der Waals surface area contributed by atoms with Gasteiger partial charge in [-0.05, 0) is 42.9 Å². The molecule has 1 aromatic carbocycles. The first-order valence-electron chi connectivity index (χ1n) is 6.62. The van der Waals surface area contributed by atoms with E-state index >= 15 is 0 Å². The van der Waals surface area contributed by atoms with Crippen molar-refractivity contribution in [3.8, 4) is 11.5 Å². The zero-order valence-corrected chi connectivity index (χ0v) is 11.9. The van der Waals surface area contributed by atoms with E-state index < -0.39 is 11.8 Å². The highest BCUT2D eigenvalue weighted by molar-refractivity contribution is 5.68. The van der Waals surface area contributed by atoms with E-state index in [4.69, 9.17) is 14.6 Å². The lowest BCUT2D eigenvalue weighted by molar-refractivity contribution is -0.137. The molecule has 1 saturated carbocycles. The molecule has 0 heterocycles. The van der Waals surface area contributed by atoms with Crippen molar-refractivity contribution in [1.29, 1.82) is 0 Å². The molecule has 4 nitrogen and oxygen atoms in total. The topological polar surface area (TPSA) is 55.8 Å². The Hall–Kier alpha value is -1.78. The second kappa shape index (κ2) is 5.69. The SMILES string of the molecule is COc1c(C)cc(C(CC(=O)O)C2CC2)c(F)c1OC. The van der Waals surface area contributed by atoms with Crippen LogP contribution in [-0.2, 0) is 4.79 Å². The molecule has 2 rings (SSSR count). The quantitative estimate of drug-likeness (QED) is 0.871. The van der Waals surface area contributed by atoms with Gasteiger partial charge in [-0.25, -0.2) is 4.39 Å². The van der Waals surface area contributed by atoms with E-state index in [0.29, 0.717) is 11.3 Å². The molecule has 0 aromatic heterocycles. The average Bonchev–Trinajstić information content (AvgIpc) is 3.22. The number of hydrogen-bond donors (Lipinski definition) is 1. The number of aryl methyl sites for hydroxylation is 1. The molecule has 0 aliphatic heterocycles. The molecule has 0 bridgehead atoms. The molecule has 0 spiro atoms. The third-order valence-electron chi connectivity index (χ3n) is 3.78. The Morgan fingerprint density at radius 1 is 1.40 bits per heavy atom. The monoisotopic (exact) mass is 282 g/mol. The Bertz CT molecular complexity index is 523. The van der Waals surface area contributed by atoms with E-state index in [0.717, 1.165) is 18.4 Å². The first-order chi connectivity index (χ1) is 9.49. The molecule has 1 aliphatic carbocycles. The van der Waals surface area contributed by atoms with Gasteiger partial charge < -0.3 is 14.6 Å². The van der Waals surface area contributed by atoms with E-state index in [2.05, 4.69) is 0 Å². The summed E-state index contributed by atoms with van der Waals surface area (Å²) in [4.78, 5) is 11.0. The highest BCUT2D eigenvalue weighted by Gasteiger charge is 2.36. The van der Waals surface area contributed by atoms with Gasteiger partial charge >= 0.3 is 5.97 Å². The van der Waals surface area contributed by atoms with Gasteiger partial charge in [0.15, 0.2) is 17.3 Å². The molecule has 0 radical (unpaired) electrons. The van der Waals surface area contributed by atoms with Crippen molar-refractivity contribution >= 4 is 5.97 Å². The van der Waals surface area contributed by atoms with Gasteiger partial charge in [-0.3, -0.25) is 4.79 Å². The van der Waals surface area contributed by atoms with E-state index in [1.54, 1.807) is 13.0 Å². The van der Waals surface area contributed by atoms with Gasteiger partial charge in [-0.2, -0.15) is 0 Å². The summed E-state index contributed by atoms with van der Waals surface area (Å²) in [6.45, 7) is 1.80. The minimum absolute atomic E-state index is 0.0542. The van der Waals surface area contributed by atoms with Crippen molar-refractivity contribution in [3.05, 3.63) is 23.0 Å². The van der Waals surface area contributed by atoms with Crippen LogP contribution in [-0.4, -0.2) is 25.3 Å². The van der Waals surface area contributed by atoms with Crippen LogP contribution in [0.5, 0.6) is 11.5 Å². The molecule has 20 heavy (non-hydrogen) atoms. The fourth-order valence-electron chi connectivity index (χ4n) is 2.70. The maximum atomic E-state index is 14.6. The second-order valence-electron chi connectivity index (χ2n) is 5.20. The molecular weight excluding hydrogens is 263 g/mol. The highest BCUT2D eigenvalue weighted by Crippen LogP contribution is 2.48. The Morgan fingerprint density at radius 2 is 2.00 bits per heavy atom. The number of carbonyl (C=O) groups is 1. The van der Waals surface area contributed by atoms with Crippen LogP contribution in [0.2, 0.25) is 0 Å². The van der Waals surface area contributed by atoms with Gasteiger partial charge in [0.05, 0.1) is 20.6 Å². The van der Waals surface area contributed by atoms with Crippen molar-refractivity contribution in [2.45, 2.75) is 32.1 Å². The normalized spacial score (nSPS) is 15.8. The first kappa shape index (κ1) is 14.6. The Kier molecular flexibility index (Phi) is 4.16. The number of benzene rings is 1. The summed E-state index contributed by atoms with van der Waals surface area (Å²) in [7, 11) is 2.84. The smallest absolute Gasteiger partial charge is 0.303 e. The number of carboxylic acids is 1. The molecule has 1 unspecified atom stereocenters. The maximum absolute atomic E-state index is 14.6. The van der Waals surface area contributed by atoms with Crippen molar-refractivity contribution in [2.75, 3.05) is 14.2 Å². The molecule has 110 valence electrons. The highest BCUT2D eigenvalue weighted by atomic mass is 19.1. The summed E-state index contributed by atoms with van der Waals surface area (Å²) in [5.41, 5.74) is 1.17. The van der Waals surface area contributed by atoms with Crippen LogP contribution in [0.1, 0.15) is 36.3 Å². The number of aliphatic carboxylic acids is 1. The van der Waals surface area contributed by atoms with Crippen LogP contribution >= 0.6 is 0 Å². The predicted molar refractivity (Wildman–Crippen MR) is 72.0 cm³/mol. The lowest BCUT2D eigenvalue weighted by atomic mass is 9.89. The Labute approximate surface area is 117 Å². The van der Waals surface area contributed by atoms with Gasteiger partial charge in [0, 0.05) is 5.92 Å². The fraction of sp³-hybridized carbons (Fsp3) is 0.533. The predicted octanol–water partition coefficient (Wildman–Crippen LogP) is 3.12. The van der Waals surface area contributed by atoms with Crippen LogP contribution in [0.15, 0.2) is 6.07 Å². The van der Waals surface area contributed by atoms with Crippen molar-refractivity contribution < 1.29 is 23.8 Å². The molecule has 1 atom stereocenters. The van der Waals surface area contributed by atoms with Crippen LogP contribution in [0.4, 0.5) is 4.39 Å². The van der Waals surface area contributed by atoms with Gasteiger partial charge in [0.25, 0.3) is 0 Å². The number of halogens is 1. The Balaban J connectivity index is 2.49. The molecule has 0 amide bonds. The summed E-state index contributed by atoms with van der Waals surface area (Å²) in [5, 5.41) is 9.03. The number of carboxylic acid groups (broad SMARTS) is 1. The molecule has 1 fully saturated rings. The van der Waals surface area contributed by atoms with E-state index in [1.807, 2.05) is 0 Å². The maximum Gasteiger partial charge on any atom is 0.303 e. The van der Waals surface area contributed by atoms with E-state index in [9.17, 15) is 9.18 Å². The van der Waals surface area contributed by atoms with Crippen molar-refractivity contribution in [3.63, 3.8) is 0 Å². The van der Waals surface area contributed by atoms with Crippen molar-refractivity contribution in [2.24, 2.45) is 5.92 Å². The van der Waals surface area contributed by atoms with Crippen LogP contribution < -0.4 is 9.47 Å². The molecule has 1 aromatic rings. The second-order valence-corrected chi connectivity index (χ2v) is 5.20.